The van der Waals surface area contributed by atoms with Crippen LogP contribution in [0.1, 0.15) is 57.8 Å². The maximum atomic E-state index is 11.0. The first-order chi connectivity index (χ1) is 7.66. The van der Waals surface area contributed by atoms with Gasteiger partial charge in [0.15, 0.2) is 0 Å². The monoisotopic (exact) mass is 246 g/mol. The second-order valence-corrected chi connectivity index (χ2v) is 4.50. The van der Waals surface area contributed by atoms with Gasteiger partial charge in [-0.05, 0) is 18.6 Å². The van der Waals surface area contributed by atoms with Crippen molar-refractivity contribution in [1.82, 2.24) is 0 Å². The number of Topliss-reactive ketones (excluding diaryl/α,β-unsaturated/α-hetero) is 1. The summed E-state index contributed by atoms with van der Waals surface area (Å²) >= 11 is 4.14. The average Bonchev–Trinajstić information content (AvgIpc) is 2.21. The van der Waals surface area contributed by atoms with Gasteiger partial charge in [0.1, 0.15) is 12.2 Å². The summed E-state index contributed by atoms with van der Waals surface area (Å²) in [6, 6.07) is 0. The molecular formula is C12H22O3S. The van der Waals surface area contributed by atoms with Crippen molar-refractivity contribution >= 4 is 24.4 Å². The predicted molar refractivity (Wildman–Crippen MR) is 68.0 cm³/mol. The number of thiol groups is 1. The quantitative estimate of drug-likeness (QED) is 0.334. The highest BCUT2D eigenvalue weighted by Gasteiger charge is 2.06. The second-order valence-electron chi connectivity index (χ2n) is 4.06. The molecule has 0 amide bonds. The zero-order valence-electron chi connectivity index (χ0n) is 9.78. The number of carbonyl (C=O) groups excluding carboxylic acids is 1. The number of carboxylic acid groups (broad SMARTS) is 1. The van der Waals surface area contributed by atoms with Crippen LogP contribution < -0.4 is 0 Å². The highest BCUT2D eigenvalue weighted by atomic mass is 32.1. The molecule has 0 heterocycles. The minimum atomic E-state index is -1.02. The Bertz CT molecular complexity index is 204. The Labute approximate surface area is 103 Å². The molecule has 3 nitrogen and oxygen atoms in total. The van der Waals surface area contributed by atoms with Crippen LogP contribution >= 0.6 is 12.6 Å². The zero-order chi connectivity index (χ0) is 12.2. The summed E-state index contributed by atoms with van der Waals surface area (Å²) in [6.07, 6.45) is 7.98. The summed E-state index contributed by atoms with van der Waals surface area (Å²) in [5.74, 6) is -0.205. The van der Waals surface area contributed by atoms with Crippen molar-refractivity contribution in [1.29, 1.82) is 0 Å². The van der Waals surface area contributed by atoms with E-state index in [2.05, 4.69) is 12.6 Å². The average molecular weight is 246 g/mol. The number of aliphatic carboxylic acids is 1. The van der Waals surface area contributed by atoms with Gasteiger partial charge in [-0.25, -0.2) is 0 Å². The van der Waals surface area contributed by atoms with Crippen molar-refractivity contribution in [3.05, 3.63) is 0 Å². The standard InChI is InChI=1S/C12H22O3S/c13-11(10-12(14)15)8-6-4-2-1-3-5-7-9-16/h16H,1-10H2,(H,14,15). The smallest absolute Gasteiger partial charge is 0.310 e. The first kappa shape index (κ1) is 15.5. The Morgan fingerprint density at radius 1 is 0.875 bits per heavy atom. The lowest BCUT2D eigenvalue weighted by molar-refractivity contribution is -0.140. The van der Waals surface area contributed by atoms with Crippen LogP contribution in [0.4, 0.5) is 0 Å². The molecule has 4 heteroatoms. The highest BCUT2D eigenvalue weighted by molar-refractivity contribution is 7.80. The number of rotatable bonds is 11. The van der Waals surface area contributed by atoms with E-state index in [9.17, 15) is 9.59 Å². The van der Waals surface area contributed by atoms with E-state index in [1.54, 1.807) is 0 Å². The molecule has 0 fully saturated rings. The molecule has 0 aliphatic rings. The highest BCUT2D eigenvalue weighted by Crippen LogP contribution is 2.09. The fourth-order valence-corrected chi connectivity index (χ4v) is 1.80. The van der Waals surface area contributed by atoms with E-state index >= 15 is 0 Å². The SMILES string of the molecule is O=C(O)CC(=O)CCCCCCCCCS. The van der Waals surface area contributed by atoms with Crippen LogP contribution in [0.25, 0.3) is 0 Å². The van der Waals surface area contributed by atoms with E-state index in [1.807, 2.05) is 0 Å². The predicted octanol–water partition coefficient (Wildman–Crippen LogP) is 3.08. The van der Waals surface area contributed by atoms with Gasteiger partial charge in [-0.3, -0.25) is 9.59 Å². The Hall–Kier alpha value is -0.510. The first-order valence-electron chi connectivity index (χ1n) is 6.01. The lowest BCUT2D eigenvalue weighted by Crippen LogP contribution is -2.05. The number of carbonyl (C=O) groups is 2. The minimum Gasteiger partial charge on any atom is -0.481 e. The summed E-state index contributed by atoms with van der Waals surface area (Å²) < 4.78 is 0. The Balaban J connectivity index is 3.14. The molecule has 16 heavy (non-hydrogen) atoms. The fourth-order valence-electron chi connectivity index (χ4n) is 1.57. The van der Waals surface area contributed by atoms with Crippen LogP contribution in [0.15, 0.2) is 0 Å². The van der Waals surface area contributed by atoms with Crippen LogP contribution in [0.2, 0.25) is 0 Å². The molecule has 0 atom stereocenters. The Kier molecular flexibility index (Phi) is 10.6. The minimum absolute atomic E-state index is 0.150. The van der Waals surface area contributed by atoms with Crippen molar-refractivity contribution in [3.8, 4) is 0 Å². The van der Waals surface area contributed by atoms with E-state index in [4.69, 9.17) is 5.11 Å². The van der Waals surface area contributed by atoms with Crippen molar-refractivity contribution in [2.24, 2.45) is 0 Å². The lowest BCUT2D eigenvalue weighted by atomic mass is 10.1. The third-order valence-corrected chi connectivity index (χ3v) is 2.78. The van der Waals surface area contributed by atoms with E-state index < -0.39 is 5.97 Å². The summed E-state index contributed by atoms with van der Waals surface area (Å²) in [6.45, 7) is 0. The van der Waals surface area contributed by atoms with E-state index in [-0.39, 0.29) is 12.2 Å². The molecule has 0 aromatic heterocycles. The van der Waals surface area contributed by atoms with Gasteiger partial charge in [-0.2, -0.15) is 12.6 Å². The molecule has 0 saturated heterocycles. The molecule has 0 unspecified atom stereocenters. The van der Waals surface area contributed by atoms with Crippen LogP contribution in [0.3, 0.4) is 0 Å². The first-order valence-corrected chi connectivity index (χ1v) is 6.64. The van der Waals surface area contributed by atoms with E-state index in [1.165, 1.54) is 25.7 Å². The molecule has 0 aromatic carbocycles. The molecule has 0 bridgehead atoms. The number of unbranched alkanes of at least 4 members (excludes halogenated alkanes) is 6. The van der Waals surface area contributed by atoms with Crippen LogP contribution in [0.5, 0.6) is 0 Å². The molecule has 94 valence electrons. The maximum absolute atomic E-state index is 11.0. The maximum Gasteiger partial charge on any atom is 0.310 e. The van der Waals surface area contributed by atoms with Gasteiger partial charge in [0.05, 0.1) is 0 Å². The largest absolute Gasteiger partial charge is 0.481 e. The summed E-state index contributed by atoms with van der Waals surface area (Å²) in [7, 11) is 0. The molecule has 1 N–H and O–H groups in total. The molecule has 0 radical (unpaired) electrons. The number of hydrogen-bond acceptors (Lipinski definition) is 3. The molecular weight excluding hydrogens is 224 g/mol. The van der Waals surface area contributed by atoms with Gasteiger partial charge < -0.3 is 5.11 Å². The molecule has 0 aromatic rings. The van der Waals surface area contributed by atoms with Gasteiger partial charge in [-0.15, -0.1) is 0 Å². The zero-order valence-corrected chi connectivity index (χ0v) is 10.7. The molecule has 0 aliphatic carbocycles. The van der Waals surface area contributed by atoms with Gasteiger partial charge >= 0.3 is 5.97 Å². The van der Waals surface area contributed by atoms with Crippen LogP contribution in [-0.4, -0.2) is 22.6 Å². The van der Waals surface area contributed by atoms with E-state index in [0.29, 0.717) is 6.42 Å². The van der Waals surface area contributed by atoms with Gasteiger partial charge in [0, 0.05) is 6.42 Å². The molecule has 0 saturated carbocycles. The van der Waals surface area contributed by atoms with Crippen LogP contribution in [0, 0.1) is 0 Å². The Morgan fingerprint density at radius 3 is 1.88 bits per heavy atom. The fraction of sp³-hybridized carbons (Fsp3) is 0.833. The normalized spacial score (nSPS) is 10.3. The van der Waals surface area contributed by atoms with Crippen LogP contribution in [-0.2, 0) is 9.59 Å². The van der Waals surface area contributed by atoms with Crippen molar-refractivity contribution in [2.75, 3.05) is 5.75 Å². The lowest BCUT2D eigenvalue weighted by Gasteiger charge is -2.00. The summed E-state index contributed by atoms with van der Waals surface area (Å²) in [4.78, 5) is 21.3. The second kappa shape index (κ2) is 11.0. The van der Waals surface area contributed by atoms with Crippen molar-refractivity contribution in [2.45, 2.75) is 57.8 Å². The van der Waals surface area contributed by atoms with Gasteiger partial charge in [-0.1, -0.05) is 32.1 Å². The third kappa shape index (κ3) is 11.6. The van der Waals surface area contributed by atoms with Gasteiger partial charge in [0.25, 0.3) is 0 Å². The topological polar surface area (TPSA) is 54.4 Å². The summed E-state index contributed by atoms with van der Waals surface area (Å²) in [5, 5.41) is 8.38. The van der Waals surface area contributed by atoms with Crippen molar-refractivity contribution < 1.29 is 14.7 Å². The Morgan fingerprint density at radius 2 is 1.38 bits per heavy atom. The number of carboxylic acids is 1. The molecule has 0 rings (SSSR count). The summed E-state index contributed by atoms with van der Waals surface area (Å²) in [5.41, 5.74) is 0. The third-order valence-electron chi connectivity index (χ3n) is 2.46. The molecule has 0 spiro atoms. The molecule has 0 aliphatic heterocycles. The van der Waals surface area contributed by atoms with Crippen molar-refractivity contribution in [3.63, 3.8) is 0 Å². The number of ketones is 1. The van der Waals surface area contributed by atoms with E-state index in [0.717, 1.165) is 25.0 Å². The number of hydrogen-bond donors (Lipinski definition) is 2. The van der Waals surface area contributed by atoms with Gasteiger partial charge in [0.2, 0.25) is 0 Å².